The van der Waals surface area contributed by atoms with Gasteiger partial charge in [-0.2, -0.15) is 0 Å². The summed E-state index contributed by atoms with van der Waals surface area (Å²) in [5, 5.41) is 14.3. The highest BCUT2D eigenvalue weighted by Gasteiger charge is 2.20. The van der Waals surface area contributed by atoms with E-state index in [0.717, 1.165) is 30.8 Å². The molecule has 2 heterocycles. The van der Waals surface area contributed by atoms with Crippen molar-refractivity contribution in [3.05, 3.63) is 45.1 Å². The standard InChI is InChI=1S/C24H28N4O5S2/c1-6-8-28-21(19-12-34-14(3)18(19)7-2)26-27-24(28)35-13-20(29)25-17-10-15(22(30)32-4)9-16(11-17)23(31)33-5/h9-12H,6-8,13H2,1-5H3,(H,25,29). The van der Waals surface area contributed by atoms with Crippen LogP contribution in [0.3, 0.4) is 0 Å². The van der Waals surface area contributed by atoms with Crippen LogP contribution in [0.2, 0.25) is 0 Å². The molecular formula is C24H28N4O5S2. The number of rotatable bonds is 10. The maximum absolute atomic E-state index is 12.7. The minimum absolute atomic E-state index is 0.0706. The number of benzene rings is 1. The number of thioether (sulfide) groups is 1. The SMILES string of the molecule is CCCn1c(SCC(=O)Nc2cc(C(=O)OC)cc(C(=O)OC)c2)nnc1-c1csc(C)c1CC. The fourth-order valence-electron chi connectivity index (χ4n) is 3.62. The molecule has 11 heteroatoms. The molecular weight excluding hydrogens is 488 g/mol. The van der Waals surface area contributed by atoms with Crippen LogP contribution in [-0.2, 0) is 27.2 Å². The smallest absolute Gasteiger partial charge is 0.337 e. The van der Waals surface area contributed by atoms with Crippen LogP contribution in [0.25, 0.3) is 11.4 Å². The molecule has 2 aromatic heterocycles. The Morgan fingerprint density at radius 3 is 2.29 bits per heavy atom. The molecule has 186 valence electrons. The van der Waals surface area contributed by atoms with E-state index in [-0.39, 0.29) is 28.5 Å². The summed E-state index contributed by atoms with van der Waals surface area (Å²) < 4.78 is 11.5. The molecule has 0 aliphatic rings. The molecule has 1 aromatic carbocycles. The Labute approximate surface area is 212 Å². The number of methoxy groups -OCH3 is 2. The van der Waals surface area contributed by atoms with Gasteiger partial charge in [0.1, 0.15) is 0 Å². The largest absolute Gasteiger partial charge is 0.465 e. The van der Waals surface area contributed by atoms with E-state index in [0.29, 0.717) is 5.16 Å². The molecule has 3 rings (SSSR count). The lowest BCUT2D eigenvalue weighted by Crippen LogP contribution is -2.16. The van der Waals surface area contributed by atoms with Crippen LogP contribution in [0.1, 0.15) is 51.4 Å². The van der Waals surface area contributed by atoms with Crippen molar-refractivity contribution in [2.45, 2.75) is 45.3 Å². The second-order valence-electron chi connectivity index (χ2n) is 7.61. The number of thiophene rings is 1. The highest BCUT2D eigenvalue weighted by Crippen LogP contribution is 2.33. The van der Waals surface area contributed by atoms with Crippen LogP contribution in [0.15, 0.2) is 28.7 Å². The zero-order valence-electron chi connectivity index (χ0n) is 20.3. The van der Waals surface area contributed by atoms with Crippen LogP contribution in [0.4, 0.5) is 5.69 Å². The Bertz CT molecular complexity index is 1200. The highest BCUT2D eigenvalue weighted by molar-refractivity contribution is 7.99. The second-order valence-corrected chi connectivity index (χ2v) is 9.64. The zero-order valence-corrected chi connectivity index (χ0v) is 22.0. The molecule has 0 saturated carbocycles. The normalized spacial score (nSPS) is 10.8. The Balaban J connectivity index is 1.78. The summed E-state index contributed by atoms with van der Waals surface area (Å²) in [6.07, 6.45) is 1.80. The number of nitrogens with zero attached hydrogens (tertiary/aromatic N) is 3. The van der Waals surface area contributed by atoms with Crippen molar-refractivity contribution in [1.29, 1.82) is 0 Å². The van der Waals surface area contributed by atoms with Gasteiger partial charge in [0.15, 0.2) is 11.0 Å². The van der Waals surface area contributed by atoms with Crippen LogP contribution in [0.5, 0.6) is 0 Å². The van der Waals surface area contributed by atoms with Crippen molar-refractivity contribution in [3.63, 3.8) is 0 Å². The molecule has 0 spiro atoms. The van der Waals surface area contributed by atoms with Crippen LogP contribution < -0.4 is 5.32 Å². The first kappa shape index (κ1) is 26.4. The van der Waals surface area contributed by atoms with Crippen molar-refractivity contribution in [3.8, 4) is 11.4 Å². The minimum atomic E-state index is -0.629. The molecule has 0 aliphatic heterocycles. The van der Waals surface area contributed by atoms with E-state index in [2.05, 4.69) is 41.7 Å². The number of aromatic nitrogens is 3. The van der Waals surface area contributed by atoms with Gasteiger partial charge in [0.25, 0.3) is 0 Å². The highest BCUT2D eigenvalue weighted by atomic mass is 32.2. The molecule has 0 bridgehead atoms. The summed E-state index contributed by atoms with van der Waals surface area (Å²) in [5.41, 5.74) is 2.89. The van der Waals surface area contributed by atoms with E-state index in [4.69, 9.17) is 9.47 Å². The maximum Gasteiger partial charge on any atom is 0.337 e. The molecule has 0 radical (unpaired) electrons. The summed E-state index contributed by atoms with van der Waals surface area (Å²) in [6.45, 7) is 7.04. The van der Waals surface area contributed by atoms with E-state index >= 15 is 0 Å². The molecule has 0 unspecified atom stereocenters. The fourth-order valence-corrected chi connectivity index (χ4v) is 5.33. The van der Waals surface area contributed by atoms with Gasteiger partial charge in [-0.15, -0.1) is 21.5 Å². The van der Waals surface area contributed by atoms with Crippen LogP contribution >= 0.6 is 23.1 Å². The summed E-state index contributed by atoms with van der Waals surface area (Å²) in [7, 11) is 2.48. The van der Waals surface area contributed by atoms with Crippen molar-refractivity contribution >= 4 is 46.6 Å². The van der Waals surface area contributed by atoms with Gasteiger partial charge in [-0.1, -0.05) is 25.6 Å². The first-order chi connectivity index (χ1) is 16.8. The van der Waals surface area contributed by atoms with Crippen molar-refractivity contribution in [2.24, 2.45) is 0 Å². The monoisotopic (exact) mass is 516 g/mol. The van der Waals surface area contributed by atoms with Crippen molar-refractivity contribution < 1.29 is 23.9 Å². The molecule has 0 saturated heterocycles. The van der Waals surface area contributed by atoms with Crippen molar-refractivity contribution in [1.82, 2.24) is 14.8 Å². The maximum atomic E-state index is 12.7. The second kappa shape index (κ2) is 12.0. The molecule has 0 aliphatic carbocycles. The Morgan fingerprint density at radius 2 is 1.71 bits per heavy atom. The number of hydrogen-bond donors (Lipinski definition) is 1. The quantitative estimate of drug-likeness (QED) is 0.308. The third-order valence-corrected chi connectivity index (χ3v) is 7.17. The van der Waals surface area contributed by atoms with Gasteiger partial charge in [0.05, 0.1) is 31.1 Å². The molecule has 35 heavy (non-hydrogen) atoms. The van der Waals surface area contributed by atoms with Gasteiger partial charge >= 0.3 is 11.9 Å². The van der Waals surface area contributed by atoms with Gasteiger partial charge in [0, 0.05) is 28.1 Å². The number of hydrogen-bond acceptors (Lipinski definition) is 9. The van der Waals surface area contributed by atoms with Crippen LogP contribution in [0, 0.1) is 6.92 Å². The number of carbonyl (C=O) groups excluding carboxylic acids is 3. The molecule has 9 nitrogen and oxygen atoms in total. The molecule has 1 amide bonds. The summed E-state index contributed by atoms with van der Waals surface area (Å²) in [5.74, 6) is -0.696. The first-order valence-corrected chi connectivity index (χ1v) is 12.9. The average molecular weight is 517 g/mol. The summed E-state index contributed by atoms with van der Waals surface area (Å²) in [6, 6.07) is 4.25. The van der Waals surface area contributed by atoms with E-state index in [1.807, 2.05) is 4.57 Å². The number of nitrogens with one attached hydrogen (secondary N) is 1. The van der Waals surface area contributed by atoms with Gasteiger partial charge in [0.2, 0.25) is 5.91 Å². The van der Waals surface area contributed by atoms with Crippen LogP contribution in [-0.4, -0.2) is 52.6 Å². The van der Waals surface area contributed by atoms with Crippen molar-refractivity contribution in [2.75, 3.05) is 25.3 Å². The summed E-state index contributed by atoms with van der Waals surface area (Å²) in [4.78, 5) is 37.9. The number of amides is 1. The Morgan fingerprint density at radius 1 is 1.06 bits per heavy atom. The molecule has 0 fully saturated rings. The third kappa shape index (κ3) is 6.09. The lowest BCUT2D eigenvalue weighted by Gasteiger charge is -2.11. The van der Waals surface area contributed by atoms with Gasteiger partial charge < -0.3 is 19.4 Å². The fraction of sp³-hybridized carbons (Fsp3) is 0.375. The number of anilines is 1. The third-order valence-electron chi connectivity index (χ3n) is 5.25. The van der Waals surface area contributed by atoms with E-state index < -0.39 is 11.9 Å². The van der Waals surface area contributed by atoms with E-state index in [9.17, 15) is 14.4 Å². The zero-order chi connectivity index (χ0) is 25.5. The molecule has 0 atom stereocenters. The topological polar surface area (TPSA) is 112 Å². The summed E-state index contributed by atoms with van der Waals surface area (Å²) >= 11 is 2.98. The Kier molecular flexibility index (Phi) is 9.05. The van der Waals surface area contributed by atoms with Gasteiger partial charge in [-0.25, -0.2) is 9.59 Å². The number of ether oxygens (including phenoxy) is 2. The van der Waals surface area contributed by atoms with Gasteiger partial charge in [-0.05, 0) is 43.5 Å². The molecule has 3 aromatic rings. The number of esters is 2. The lowest BCUT2D eigenvalue weighted by molar-refractivity contribution is -0.113. The Hall–Kier alpha value is -3.18. The number of aryl methyl sites for hydroxylation is 1. The van der Waals surface area contributed by atoms with E-state index in [1.54, 1.807) is 11.3 Å². The predicted octanol–water partition coefficient (Wildman–Crippen LogP) is 4.59. The first-order valence-electron chi connectivity index (χ1n) is 11.1. The van der Waals surface area contributed by atoms with Gasteiger partial charge in [-0.3, -0.25) is 4.79 Å². The predicted molar refractivity (Wildman–Crippen MR) is 136 cm³/mol. The average Bonchev–Trinajstić information content (AvgIpc) is 3.43. The van der Waals surface area contributed by atoms with E-state index in [1.165, 1.54) is 54.6 Å². The molecule has 1 N–H and O–H groups in total. The lowest BCUT2D eigenvalue weighted by atomic mass is 10.1. The number of carbonyl (C=O) groups is 3. The minimum Gasteiger partial charge on any atom is -0.465 e.